The van der Waals surface area contributed by atoms with Crippen molar-refractivity contribution in [1.82, 2.24) is 19.4 Å². The molecule has 4 rings (SSSR count). The first-order chi connectivity index (χ1) is 13.9. The maximum absolute atomic E-state index is 12.9. The molecule has 2 fully saturated rings. The Morgan fingerprint density at radius 2 is 1.97 bits per heavy atom. The molecule has 7 nitrogen and oxygen atoms in total. The molecule has 1 N–H and O–H groups in total. The molecule has 158 valence electrons. The number of rotatable bonds is 8. The largest absolute Gasteiger partial charge is 0.384 e. The summed E-state index contributed by atoms with van der Waals surface area (Å²) in [5.74, 6) is 0.585. The van der Waals surface area contributed by atoms with Crippen molar-refractivity contribution in [3.8, 4) is 0 Å². The molecule has 2 atom stereocenters. The zero-order chi connectivity index (χ0) is 20.5. The maximum Gasteiger partial charge on any atom is 0.246 e. The standard InChI is InChI=1S/C21H30N4O3S/c1-24-14-18(13-23-24)29(26,27)25-10-8-21(9-11-25,16-28-2)15-22-20-12-19(20)17-6-4-3-5-7-17/h3-7,13-14,19-20,22H,8-12,15-16H2,1-2H3. The van der Waals surface area contributed by atoms with Crippen molar-refractivity contribution in [3.63, 3.8) is 0 Å². The Balaban J connectivity index is 1.35. The predicted octanol–water partition coefficient (Wildman–Crippen LogP) is 1.98. The number of aromatic nitrogens is 2. The summed E-state index contributed by atoms with van der Waals surface area (Å²) in [6, 6.07) is 11.1. The number of nitrogens with one attached hydrogen (secondary N) is 1. The van der Waals surface area contributed by atoms with E-state index in [-0.39, 0.29) is 10.3 Å². The van der Waals surface area contributed by atoms with Crippen molar-refractivity contribution in [2.75, 3.05) is 33.4 Å². The van der Waals surface area contributed by atoms with Crippen LogP contribution in [0.3, 0.4) is 0 Å². The number of nitrogens with zero attached hydrogens (tertiary/aromatic N) is 3. The second-order valence-corrected chi connectivity index (χ2v) is 10.4. The average molecular weight is 419 g/mol. The van der Waals surface area contributed by atoms with Crippen LogP contribution in [0.1, 0.15) is 30.7 Å². The molecule has 2 aliphatic rings. The van der Waals surface area contributed by atoms with E-state index in [0.29, 0.717) is 31.7 Å². The first-order valence-corrected chi connectivity index (χ1v) is 11.6. The lowest BCUT2D eigenvalue weighted by Gasteiger charge is -2.41. The van der Waals surface area contributed by atoms with Crippen LogP contribution in [0.25, 0.3) is 0 Å². The molecule has 2 aromatic rings. The number of hydrogen-bond acceptors (Lipinski definition) is 5. The minimum atomic E-state index is -3.48. The van der Waals surface area contributed by atoms with Crippen LogP contribution in [0.2, 0.25) is 0 Å². The predicted molar refractivity (Wildman–Crippen MR) is 111 cm³/mol. The first kappa shape index (κ1) is 20.5. The van der Waals surface area contributed by atoms with Crippen LogP contribution in [0.15, 0.2) is 47.6 Å². The van der Waals surface area contributed by atoms with Crippen LogP contribution in [0.4, 0.5) is 0 Å². The fraction of sp³-hybridized carbons (Fsp3) is 0.571. The summed E-state index contributed by atoms with van der Waals surface area (Å²) in [6.07, 6.45) is 5.72. The van der Waals surface area contributed by atoms with Gasteiger partial charge in [0.25, 0.3) is 0 Å². The van der Waals surface area contributed by atoms with Crippen LogP contribution < -0.4 is 5.32 Å². The molecule has 29 heavy (non-hydrogen) atoms. The van der Waals surface area contributed by atoms with E-state index >= 15 is 0 Å². The Morgan fingerprint density at radius 3 is 2.59 bits per heavy atom. The van der Waals surface area contributed by atoms with Crippen LogP contribution >= 0.6 is 0 Å². The van der Waals surface area contributed by atoms with Crippen LogP contribution in [0, 0.1) is 5.41 Å². The average Bonchev–Trinajstić information content (AvgIpc) is 3.38. The lowest BCUT2D eigenvalue weighted by molar-refractivity contribution is 0.0387. The Kier molecular flexibility index (Phi) is 5.79. The van der Waals surface area contributed by atoms with E-state index in [1.807, 2.05) is 0 Å². The Bertz CT molecular complexity index is 920. The van der Waals surface area contributed by atoms with Gasteiger partial charge in [0.15, 0.2) is 0 Å². The molecule has 1 aromatic carbocycles. The zero-order valence-corrected chi connectivity index (χ0v) is 17.9. The lowest BCUT2D eigenvalue weighted by Crippen LogP contribution is -2.49. The van der Waals surface area contributed by atoms with Crippen molar-refractivity contribution in [2.24, 2.45) is 12.5 Å². The Hall–Kier alpha value is -1.74. The number of sulfonamides is 1. The highest BCUT2D eigenvalue weighted by Gasteiger charge is 2.43. The van der Waals surface area contributed by atoms with Crippen molar-refractivity contribution in [1.29, 1.82) is 0 Å². The van der Waals surface area contributed by atoms with E-state index < -0.39 is 10.0 Å². The summed E-state index contributed by atoms with van der Waals surface area (Å²) in [6.45, 7) is 2.52. The Labute approximate surface area is 173 Å². The lowest BCUT2D eigenvalue weighted by atomic mass is 9.79. The van der Waals surface area contributed by atoms with Gasteiger partial charge in [-0.2, -0.15) is 9.40 Å². The summed E-state index contributed by atoms with van der Waals surface area (Å²) in [5.41, 5.74) is 1.36. The van der Waals surface area contributed by atoms with E-state index in [2.05, 4.69) is 40.7 Å². The third-order valence-electron chi connectivity index (χ3n) is 6.31. The van der Waals surface area contributed by atoms with Gasteiger partial charge in [0.05, 0.1) is 12.8 Å². The maximum atomic E-state index is 12.9. The summed E-state index contributed by atoms with van der Waals surface area (Å²) in [5, 5.41) is 7.73. The molecule has 0 bridgehead atoms. The van der Waals surface area contributed by atoms with E-state index in [9.17, 15) is 8.42 Å². The van der Waals surface area contributed by atoms with Gasteiger partial charge in [0.2, 0.25) is 10.0 Å². The fourth-order valence-electron chi connectivity index (χ4n) is 4.40. The molecule has 0 radical (unpaired) electrons. The number of piperidine rings is 1. The van der Waals surface area contributed by atoms with Crippen LogP contribution in [0.5, 0.6) is 0 Å². The van der Waals surface area contributed by atoms with Crippen LogP contribution in [-0.4, -0.2) is 61.9 Å². The number of hydrogen-bond donors (Lipinski definition) is 1. The number of ether oxygens (including phenoxy) is 1. The number of methoxy groups -OCH3 is 1. The van der Waals surface area contributed by atoms with E-state index in [4.69, 9.17) is 4.74 Å². The minimum Gasteiger partial charge on any atom is -0.384 e. The van der Waals surface area contributed by atoms with Crippen molar-refractivity contribution >= 4 is 10.0 Å². The Morgan fingerprint density at radius 1 is 1.24 bits per heavy atom. The molecular formula is C21H30N4O3S. The third kappa shape index (κ3) is 4.40. The van der Waals surface area contributed by atoms with Gasteiger partial charge in [-0.1, -0.05) is 30.3 Å². The number of benzene rings is 1. The van der Waals surface area contributed by atoms with Crippen molar-refractivity contribution < 1.29 is 13.2 Å². The molecule has 2 unspecified atom stereocenters. The topological polar surface area (TPSA) is 76.5 Å². The highest BCUT2D eigenvalue weighted by Crippen LogP contribution is 2.42. The van der Waals surface area contributed by atoms with Gasteiger partial charge in [-0.15, -0.1) is 0 Å². The van der Waals surface area contributed by atoms with Gasteiger partial charge in [0.1, 0.15) is 4.90 Å². The molecule has 0 spiro atoms. The summed E-state index contributed by atoms with van der Waals surface area (Å²) in [4.78, 5) is 0.265. The van der Waals surface area contributed by atoms with Gasteiger partial charge in [-0.25, -0.2) is 8.42 Å². The smallest absolute Gasteiger partial charge is 0.246 e. The SMILES string of the molecule is COCC1(CNC2CC2c2ccccc2)CCN(S(=O)(=O)c2cnn(C)c2)CC1. The second-order valence-electron chi connectivity index (χ2n) is 8.43. The van der Waals surface area contributed by atoms with Gasteiger partial charge < -0.3 is 10.1 Å². The highest BCUT2D eigenvalue weighted by atomic mass is 32.2. The first-order valence-electron chi connectivity index (χ1n) is 10.2. The molecule has 1 aliphatic carbocycles. The van der Waals surface area contributed by atoms with Gasteiger partial charge in [-0.3, -0.25) is 4.68 Å². The zero-order valence-electron chi connectivity index (χ0n) is 17.1. The highest BCUT2D eigenvalue weighted by molar-refractivity contribution is 7.89. The molecule has 2 heterocycles. The summed E-state index contributed by atoms with van der Waals surface area (Å²) in [7, 11) is -0.0274. The quantitative estimate of drug-likeness (QED) is 0.709. The normalized spacial score (nSPS) is 24.5. The molecule has 1 saturated heterocycles. The van der Waals surface area contributed by atoms with E-state index in [0.717, 1.165) is 25.8 Å². The van der Waals surface area contributed by atoms with Gasteiger partial charge in [-0.05, 0) is 24.8 Å². The van der Waals surface area contributed by atoms with Gasteiger partial charge >= 0.3 is 0 Å². The van der Waals surface area contributed by atoms with Gasteiger partial charge in [0, 0.05) is 57.4 Å². The van der Waals surface area contributed by atoms with Crippen LogP contribution in [-0.2, 0) is 21.8 Å². The number of aryl methyl sites for hydroxylation is 1. The fourth-order valence-corrected chi connectivity index (χ4v) is 5.82. The molecular weight excluding hydrogens is 388 g/mol. The monoisotopic (exact) mass is 418 g/mol. The minimum absolute atomic E-state index is 0.0282. The molecule has 8 heteroatoms. The van der Waals surface area contributed by atoms with Crippen molar-refractivity contribution in [2.45, 2.75) is 36.1 Å². The summed E-state index contributed by atoms with van der Waals surface area (Å²) >= 11 is 0. The third-order valence-corrected chi connectivity index (χ3v) is 8.16. The molecule has 1 saturated carbocycles. The molecule has 1 aliphatic heterocycles. The van der Waals surface area contributed by atoms with E-state index in [1.165, 1.54) is 16.4 Å². The second kappa shape index (κ2) is 8.18. The summed E-state index contributed by atoms with van der Waals surface area (Å²) < 4.78 is 34.4. The van der Waals surface area contributed by atoms with Crippen molar-refractivity contribution in [3.05, 3.63) is 48.3 Å². The molecule has 1 aromatic heterocycles. The van der Waals surface area contributed by atoms with E-state index in [1.54, 1.807) is 24.7 Å². The molecule has 0 amide bonds.